The third-order valence-corrected chi connectivity index (χ3v) is 3.89. The molecule has 2 heteroatoms. The third-order valence-electron chi connectivity index (χ3n) is 3.89. The lowest BCUT2D eigenvalue weighted by Gasteiger charge is -2.18. The molecule has 1 fully saturated rings. The summed E-state index contributed by atoms with van der Waals surface area (Å²) in [6, 6.07) is 9.44. The van der Waals surface area contributed by atoms with E-state index < -0.39 is 0 Å². The first kappa shape index (κ1) is 14.5. The van der Waals surface area contributed by atoms with E-state index in [2.05, 4.69) is 43.4 Å². The minimum atomic E-state index is 0.454. The maximum absolute atomic E-state index is 5.66. The maximum Gasteiger partial charge on any atom is 0.0591 e. The summed E-state index contributed by atoms with van der Waals surface area (Å²) < 4.78 is 5.66. The molecule has 0 radical (unpaired) electrons. The molecule has 0 spiro atoms. The molecule has 1 aromatic carbocycles. The Kier molecular flexibility index (Phi) is 5.87. The molecule has 0 amide bonds. The fraction of sp³-hybridized carbons (Fsp3) is 0.647. The molecule has 0 heterocycles. The number of aryl methyl sites for hydroxylation is 1. The largest absolute Gasteiger partial charge is 0.380 e. The lowest BCUT2D eigenvalue weighted by Crippen LogP contribution is -2.25. The molecular weight excluding hydrogens is 234 g/mol. The van der Waals surface area contributed by atoms with E-state index in [0.717, 1.165) is 38.5 Å². The fourth-order valence-electron chi connectivity index (χ4n) is 2.32. The maximum atomic E-state index is 5.66. The summed E-state index contributed by atoms with van der Waals surface area (Å²) in [5.41, 5.74) is 2.80. The van der Waals surface area contributed by atoms with E-state index in [0.29, 0.717) is 6.04 Å². The summed E-state index contributed by atoms with van der Waals surface area (Å²) in [5.74, 6) is 0.864. The van der Waals surface area contributed by atoms with Gasteiger partial charge in [-0.15, -0.1) is 0 Å². The molecule has 2 nitrogen and oxygen atoms in total. The highest BCUT2D eigenvalue weighted by Gasteiger charge is 2.20. The molecule has 2 rings (SSSR count). The number of rotatable bonds is 9. The van der Waals surface area contributed by atoms with E-state index in [4.69, 9.17) is 4.74 Å². The van der Waals surface area contributed by atoms with Crippen molar-refractivity contribution >= 4 is 0 Å². The Labute approximate surface area is 117 Å². The Balaban J connectivity index is 1.71. The van der Waals surface area contributed by atoms with Crippen LogP contribution in [0.3, 0.4) is 0 Å². The van der Waals surface area contributed by atoms with E-state index in [9.17, 15) is 0 Å². The first-order valence-electron chi connectivity index (χ1n) is 7.73. The van der Waals surface area contributed by atoms with E-state index in [1.54, 1.807) is 0 Å². The van der Waals surface area contributed by atoms with Crippen molar-refractivity contribution in [3.63, 3.8) is 0 Å². The quantitative estimate of drug-likeness (QED) is 0.684. The van der Waals surface area contributed by atoms with Crippen LogP contribution in [0.15, 0.2) is 24.3 Å². The second kappa shape index (κ2) is 7.66. The first-order valence-corrected chi connectivity index (χ1v) is 7.73. The van der Waals surface area contributed by atoms with Crippen LogP contribution >= 0.6 is 0 Å². The van der Waals surface area contributed by atoms with Crippen molar-refractivity contribution in [2.24, 2.45) is 5.92 Å². The number of benzene rings is 1. The van der Waals surface area contributed by atoms with Crippen LogP contribution in [0.5, 0.6) is 0 Å². The molecule has 1 aromatic rings. The zero-order valence-corrected chi connectivity index (χ0v) is 12.3. The molecule has 1 saturated carbocycles. The Morgan fingerprint density at radius 2 is 1.95 bits per heavy atom. The summed E-state index contributed by atoms with van der Waals surface area (Å²) in [4.78, 5) is 0. The standard InChI is InChI=1S/C17H27NO/c1-3-14-7-9-16(10-8-14)17(4-2)18-11-12-19-13-15-5-6-15/h7-10,15,17-18H,3-6,11-13H2,1-2H3. The smallest absolute Gasteiger partial charge is 0.0591 e. The monoisotopic (exact) mass is 261 g/mol. The topological polar surface area (TPSA) is 21.3 Å². The van der Waals surface area contributed by atoms with Gasteiger partial charge in [0.05, 0.1) is 6.61 Å². The second-order valence-electron chi connectivity index (χ2n) is 5.53. The van der Waals surface area contributed by atoms with Crippen LogP contribution in [0, 0.1) is 5.92 Å². The van der Waals surface area contributed by atoms with Gasteiger partial charge in [-0.3, -0.25) is 0 Å². The van der Waals surface area contributed by atoms with Crippen LogP contribution in [-0.4, -0.2) is 19.8 Å². The Hall–Kier alpha value is -0.860. The molecule has 0 bridgehead atoms. The van der Waals surface area contributed by atoms with E-state index >= 15 is 0 Å². The first-order chi connectivity index (χ1) is 9.33. The lowest BCUT2D eigenvalue weighted by atomic mass is 10.0. The highest BCUT2D eigenvalue weighted by molar-refractivity contribution is 5.24. The highest BCUT2D eigenvalue weighted by atomic mass is 16.5. The third kappa shape index (κ3) is 4.96. The highest BCUT2D eigenvalue weighted by Crippen LogP contribution is 2.28. The van der Waals surface area contributed by atoms with Gasteiger partial charge < -0.3 is 10.1 Å². The van der Waals surface area contributed by atoms with Gasteiger partial charge in [-0.05, 0) is 42.7 Å². The number of hydrogen-bond donors (Lipinski definition) is 1. The summed E-state index contributed by atoms with van der Waals surface area (Å²) >= 11 is 0. The van der Waals surface area contributed by atoms with Crippen molar-refractivity contribution in [2.45, 2.75) is 45.6 Å². The van der Waals surface area contributed by atoms with Gasteiger partial charge in [0.2, 0.25) is 0 Å². The van der Waals surface area contributed by atoms with Crippen molar-refractivity contribution in [3.8, 4) is 0 Å². The average Bonchev–Trinajstić information content (AvgIpc) is 3.27. The van der Waals surface area contributed by atoms with Crippen LogP contribution in [0.2, 0.25) is 0 Å². The fourth-order valence-corrected chi connectivity index (χ4v) is 2.32. The van der Waals surface area contributed by atoms with Crippen LogP contribution in [-0.2, 0) is 11.2 Å². The average molecular weight is 261 g/mol. The van der Waals surface area contributed by atoms with Crippen LogP contribution < -0.4 is 5.32 Å². The zero-order chi connectivity index (χ0) is 13.5. The van der Waals surface area contributed by atoms with E-state index in [1.165, 1.54) is 24.0 Å². The van der Waals surface area contributed by atoms with Gasteiger partial charge in [0.1, 0.15) is 0 Å². The van der Waals surface area contributed by atoms with Crippen molar-refractivity contribution in [1.29, 1.82) is 0 Å². The predicted molar refractivity (Wildman–Crippen MR) is 80.4 cm³/mol. The molecule has 19 heavy (non-hydrogen) atoms. The predicted octanol–water partition coefficient (Wildman–Crippen LogP) is 3.72. The molecule has 106 valence electrons. The van der Waals surface area contributed by atoms with Gasteiger partial charge in [0.15, 0.2) is 0 Å². The van der Waals surface area contributed by atoms with Crippen LogP contribution in [0.25, 0.3) is 0 Å². The van der Waals surface area contributed by atoms with Gasteiger partial charge in [-0.25, -0.2) is 0 Å². The van der Waals surface area contributed by atoms with E-state index in [-0.39, 0.29) is 0 Å². The molecule has 1 atom stereocenters. The van der Waals surface area contributed by atoms with Crippen molar-refractivity contribution in [2.75, 3.05) is 19.8 Å². The minimum Gasteiger partial charge on any atom is -0.380 e. The lowest BCUT2D eigenvalue weighted by molar-refractivity contribution is 0.124. The van der Waals surface area contributed by atoms with Gasteiger partial charge >= 0.3 is 0 Å². The van der Waals surface area contributed by atoms with Gasteiger partial charge in [0.25, 0.3) is 0 Å². The summed E-state index contributed by atoms with van der Waals surface area (Å²) in [6.07, 6.45) is 4.97. The number of hydrogen-bond acceptors (Lipinski definition) is 2. The van der Waals surface area contributed by atoms with Crippen molar-refractivity contribution in [3.05, 3.63) is 35.4 Å². The molecule has 1 N–H and O–H groups in total. The molecule has 1 aliphatic rings. The molecular formula is C17H27NO. The number of nitrogens with one attached hydrogen (secondary N) is 1. The summed E-state index contributed by atoms with van der Waals surface area (Å²) in [7, 11) is 0. The molecule has 1 aliphatic carbocycles. The number of ether oxygens (including phenoxy) is 1. The van der Waals surface area contributed by atoms with Crippen LogP contribution in [0.4, 0.5) is 0 Å². The molecule has 1 unspecified atom stereocenters. The Morgan fingerprint density at radius 1 is 1.21 bits per heavy atom. The van der Waals surface area contributed by atoms with E-state index in [1.807, 2.05) is 0 Å². The van der Waals surface area contributed by atoms with Crippen LogP contribution in [0.1, 0.15) is 50.3 Å². The van der Waals surface area contributed by atoms with Gasteiger partial charge in [-0.1, -0.05) is 38.1 Å². The molecule has 0 aliphatic heterocycles. The zero-order valence-electron chi connectivity index (χ0n) is 12.3. The second-order valence-corrected chi connectivity index (χ2v) is 5.53. The Morgan fingerprint density at radius 3 is 2.53 bits per heavy atom. The van der Waals surface area contributed by atoms with Gasteiger partial charge in [0, 0.05) is 19.2 Å². The molecule has 0 saturated heterocycles. The summed E-state index contributed by atoms with van der Waals surface area (Å²) in [5, 5.41) is 3.59. The van der Waals surface area contributed by atoms with Crippen molar-refractivity contribution < 1.29 is 4.74 Å². The van der Waals surface area contributed by atoms with Gasteiger partial charge in [-0.2, -0.15) is 0 Å². The summed E-state index contributed by atoms with van der Waals surface area (Å²) in [6.45, 7) is 7.17. The SMILES string of the molecule is CCc1ccc(C(CC)NCCOCC2CC2)cc1. The molecule has 0 aromatic heterocycles. The van der Waals surface area contributed by atoms with Crippen molar-refractivity contribution in [1.82, 2.24) is 5.32 Å². The normalized spacial score (nSPS) is 16.5. The Bertz CT molecular complexity index is 356. The minimum absolute atomic E-state index is 0.454.